The van der Waals surface area contributed by atoms with Crippen molar-refractivity contribution in [3.8, 4) is 0 Å². The van der Waals surface area contributed by atoms with Crippen molar-refractivity contribution in [1.29, 1.82) is 0 Å². The van der Waals surface area contributed by atoms with Crippen molar-refractivity contribution in [2.45, 2.75) is 33.7 Å². The smallest absolute Gasteiger partial charge is 0.301 e. The van der Waals surface area contributed by atoms with Crippen LogP contribution in [-0.4, -0.2) is 21.8 Å². The molecule has 1 aliphatic heterocycles. The summed E-state index contributed by atoms with van der Waals surface area (Å²) < 4.78 is 0. The molecule has 152 valence electrons. The predicted molar refractivity (Wildman–Crippen MR) is 119 cm³/mol. The number of nitrogens with zero attached hydrogens (tertiary/aromatic N) is 2. The molecule has 1 atom stereocenters. The van der Waals surface area contributed by atoms with Gasteiger partial charge in [0, 0.05) is 10.4 Å². The number of aliphatic hydroxyl groups excluding tert-OH is 1. The fourth-order valence-corrected chi connectivity index (χ4v) is 4.46. The van der Waals surface area contributed by atoms with E-state index in [0.717, 1.165) is 27.3 Å². The maximum atomic E-state index is 13.1. The number of carbonyl (C=O) groups excluding carboxylic acids is 2. The lowest BCUT2D eigenvalue weighted by molar-refractivity contribution is -0.132. The average molecular weight is 419 g/mol. The largest absolute Gasteiger partial charge is 0.507 e. The van der Waals surface area contributed by atoms with Crippen molar-refractivity contribution in [3.63, 3.8) is 0 Å². The molecule has 30 heavy (non-hydrogen) atoms. The molecular weight excluding hydrogens is 396 g/mol. The first-order chi connectivity index (χ1) is 14.3. The molecule has 0 spiro atoms. The Morgan fingerprint density at radius 2 is 1.50 bits per heavy atom. The zero-order chi connectivity index (χ0) is 21.6. The van der Waals surface area contributed by atoms with Gasteiger partial charge in [0.1, 0.15) is 5.76 Å². The molecule has 0 saturated carbocycles. The average Bonchev–Trinajstić information content (AvgIpc) is 3.18. The van der Waals surface area contributed by atoms with E-state index in [0.29, 0.717) is 10.7 Å². The summed E-state index contributed by atoms with van der Waals surface area (Å²) in [5.41, 5.74) is 4.25. The van der Waals surface area contributed by atoms with E-state index in [9.17, 15) is 14.7 Å². The van der Waals surface area contributed by atoms with Gasteiger partial charge < -0.3 is 5.11 Å². The molecule has 2 aromatic carbocycles. The van der Waals surface area contributed by atoms with Gasteiger partial charge in [0.15, 0.2) is 5.13 Å². The number of hydrogen-bond acceptors (Lipinski definition) is 5. The maximum absolute atomic E-state index is 13.1. The van der Waals surface area contributed by atoms with E-state index in [1.807, 2.05) is 64.1 Å². The summed E-state index contributed by atoms with van der Waals surface area (Å²) in [6.45, 7) is 7.72. The van der Waals surface area contributed by atoms with E-state index >= 15 is 0 Å². The van der Waals surface area contributed by atoms with Crippen LogP contribution >= 0.6 is 11.3 Å². The molecule has 0 bridgehead atoms. The number of aromatic nitrogens is 1. The Balaban J connectivity index is 1.94. The molecule has 5 nitrogen and oxygen atoms in total. The second kappa shape index (κ2) is 7.54. The summed E-state index contributed by atoms with van der Waals surface area (Å²) in [4.78, 5) is 33.1. The third kappa shape index (κ3) is 3.33. The van der Waals surface area contributed by atoms with E-state index in [4.69, 9.17) is 0 Å². The van der Waals surface area contributed by atoms with E-state index in [2.05, 4.69) is 4.98 Å². The first-order valence-corrected chi connectivity index (χ1v) is 10.5. The molecule has 1 N–H and O–H groups in total. The minimum absolute atomic E-state index is 0.0817. The van der Waals surface area contributed by atoms with Crippen molar-refractivity contribution >= 4 is 33.9 Å². The fraction of sp³-hybridized carbons (Fsp3) is 0.208. The number of aliphatic hydroxyl groups is 1. The number of thiazole rings is 1. The lowest BCUT2D eigenvalue weighted by Gasteiger charge is -2.23. The van der Waals surface area contributed by atoms with Crippen LogP contribution in [0.3, 0.4) is 0 Å². The topological polar surface area (TPSA) is 70.5 Å². The van der Waals surface area contributed by atoms with Crippen LogP contribution in [-0.2, 0) is 9.59 Å². The van der Waals surface area contributed by atoms with Crippen molar-refractivity contribution in [1.82, 2.24) is 4.98 Å². The molecule has 1 fully saturated rings. The Morgan fingerprint density at radius 1 is 0.933 bits per heavy atom. The molecule has 4 rings (SSSR count). The van der Waals surface area contributed by atoms with E-state index in [1.165, 1.54) is 16.2 Å². The Kier molecular flexibility index (Phi) is 5.03. The zero-order valence-electron chi connectivity index (χ0n) is 17.3. The summed E-state index contributed by atoms with van der Waals surface area (Å²) in [6, 6.07) is 14.1. The van der Waals surface area contributed by atoms with Crippen LogP contribution in [0.15, 0.2) is 54.1 Å². The number of Topliss-reactive ketones (excluding diaryl/α,β-unsaturated/α-hetero) is 1. The van der Waals surface area contributed by atoms with E-state index < -0.39 is 17.7 Å². The number of anilines is 1. The molecular formula is C24H22N2O3S. The first-order valence-electron chi connectivity index (χ1n) is 9.66. The van der Waals surface area contributed by atoms with Crippen LogP contribution in [0.25, 0.3) is 5.76 Å². The van der Waals surface area contributed by atoms with Gasteiger partial charge in [-0.3, -0.25) is 14.5 Å². The number of hydrogen-bond donors (Lipinski definition) is 1. The van der Waals surface area contributed by atoms with Crippen LogP contribution < -0.4 is 4.90 Å². The highest BCUT2D eigenvalue weighted by Gasteiger charge is 2.48. The van der Waals surface area contributed by atoms with Crippen molar-refractivity contribution < 1.29 is 14.7 Å². The lowest BCUT2D eigenvalue weighted by Crippen LogP contribution is -2.29. The van der Waals surface area contributed by atoms with E-state index in [-0.39, 0.29) is 11.3 Å². The highest BCUT2D eigenvalue weighted by Crippen LogP contribution is 2.43. The van der Waals surface area contributed by atoms with E-state index in [1.54, 1.807) is 12.1 Å². The SMILES string of the molecule is Cc1ccc(C(O)=C2C(=O)C(=O)N(c3nc(C)c(C)s3)[C@H]2c2ccc(C)cc2)cc1. The molecule has 1 amide bonds. The van der Waals surface area contributed by atoms with Crippen LogP contribution in [0.1, 0.15) is 38.9 Å². The van der Waals surface area contributed by atoms with Gasteiger partial charge >= 0.3 is 5.91 Å². The van der Waals surface area contributed by atoms with Crippen LogP contribution in [0, 0.1) is 27.7 Å². The monoisotopic (exact) mass is 418 g/mol. The Morgan fingerprint density at radius 3 is 2.03 bits per heavy atom. The van der Waals surface area contributed by atoms with Gasteiger partial charge in [-0.05, 0) is 33.3 Å². The number of benzene rings is 2. The first kappa shape index (κ1) is 20.0. The standard InChI is InChI=1S/C24H22N2O3S/c1-13-5-9-17(10-6-13)20-19(21(27)18-11-7-14(2)8-12-18)22(28)23(29)26(20)24-25-15(3)16(4)30-24/h5-12,20,27H,1-4H3/t20-/m0/s1. The summed E-state index contributed by atoms with van der Waals surface area (Å²) in [5, 5.41) is 11.5. The van der Waals surface area contributed by atoms with Gasteiger partial charge in [-0.15, -0.1) is 11.3 Å². The van der Waals surface area contributed by atoms with Crippen LogP contribution in [0.4, 0.5) is 5.13 Å². The summed E-state index contributed by atoms with van der Waals surface area (Å²) in [5.74, 6) is -1.56. The summed E-state index contributed by atoms with van der Waals surface area (Å²) in [6.07, 6.45) is 0. The number of amides is 1. The number of ketones is 1. The predicted octanol–water partition coefficient (Wildman–Crippen LogP) is 5.00. The van der Waals surface area contributed by atoms with Crippen LogP contribution in [0.5, 0.6) is 0 Å². The van der Waals surface area contributed by atoms with Gasteiger partial charge in [0.25, 0.3) is 5.78 Å². The molecule has 0 radical (unpaired) electrons. The third-order valence-electron chi connectivity index (χ3n) is 5.39. The molecule has 3 aromatic rings. The maximum Gasteiger partial charge on any atom is 0.301 e. The second-order valence-electron chi connectivity index (χ2n) is 7.58. The Hall–Kier alpha value is -3.25. The van der Waals surface area contributed by atoms with Gasteiger partial charge in [-0.25, -0.2) is 4.98 Å². The van der Waals surface area contributed by atoms with Gasteiger partial charge in [0.2, 0.25) is 0 Å². The highest BCUT2D eigenvalue weighted by atomic mass is 32.1. The molecule has 1 saturated heterocycles. The molecule has 0 unspecified atom stereocenters. The molecule has 1 aliphatic rings. The van der Waals surface area contributed by atoms with Gasteiger partial charge in [-0.2, -0.15) is 0 Å². The quantitative estimate of drug-likeness (QED) is 0.369. The lowest BCUT2D eigenvalue weighted by atomic mass is 9.94. The summed E-state index contributed by atoms with van der Waals surface area (Å²) in [7, 11) is 0. The number of aryl methyl sites for hydroxylation is 4. The Labute approximate surface area is 179 Å². The van der Waals surface area contributed by atoms with Gasteiger partial charge in [-0.1, -0.05) is 59.7 Å². The second-order valence-corrected chi connectivity index (χ2v) is 8.77. The van der Waals surface area contributed by atoms with Crippen molar-refractivity contribution in [3.05, 3.63) is 86.9 Å². The third-order valence-corrected chi connectivity index (χ3v) is 6.46. The molecule has 0 aliphatic carbocycles. The van der Waals surface area contributed by atoms with Gasteiger partial charge in [0.05, 0.1) is 17.3 Å². The minimum atomic E-state index is -0.739. The Bertz CT molecular complexity index is 1150. The molecule has 1 aromatic heterocycles. The summed E-state index contributed by atoms with van der Waals surface area (Å²) >= 11 is 1.37. The normalized spacial score (nSPS) is 18.3. The highest BCUT2D eigenvalue weighted by molar-refractivity contribution is 7.16. The zero-order valence-corrected chi connectivity index (χ0v) is 18.1. The van der Waals surface area contributed by atoms with Crippen LogP contribution in [0.2, 0.25) is 0 Å². The number of rotatable bonds is 3. The van der Waals surface area contributed by atoms with Crippen molar-refractivity contribution in [2.75, 3.05) is 4.90 Å². The molecule has 6 heteroatoms. The fourth-order valence-electron chi connectivity index (χ4n) is 3.52. The minimum Gasteiger partial charge on any atom is -0.507 e. The molecule has 2 heterocycles. The number of carbonyl (C=O) groups is 2. The van der Waals surface area contributed by atoms with Crippen molar-refractivity contribution in [2.24, 2.45) is 0 Å².